The van der Waals surface area contributed by atoms with Crippen LogP contribution < -0.4 is 5.43 Å². The molecule has 0 unspecified atom stereocenters. The minimum absolute atomic E-state index is 0.163. The molecule has 1 N–H and O–H groups in total. The Kier molecular flexibility index (Phi) is 7.14. The fourth-order valence-corrected chi connectivity index (χ4v) is 3.96. The van der Waals surface area contributed by atoms with Crippen LogP contribution in [0.3, 0.4) is 0 Å². The summed E-state index contributed by atoms with van der Waals surface area (Å²) < 4.78 is 2.95. The van der Waals surface area contributed by atoms with Crippen molar-refractivity contribution in [3.8, 4) is 17.1 Å². The Bertz CT molecular complexity index is 1220. The molecule has 0 saturated heterocycles. The lowest BCUT2D eigenvalue weighted by molar-refractivity contribution is -0.118. The Balaban J connectivity index is 1.49. The van der Waals surface area contributed by atoms with E-state index < -0.39 is 0 Å². The molecule has 3 aromatic carbocycles. The Morgan fingerprint density at radius 1 is 1.03 bits per heavy atom. The van der Waals surface area contributed by atoms with Crippen LogP contribution in [0.25, 0.3) is 17.1 Å². The summed E-state index contributed by atoms with van der Waals surface area (Å²) in [4.78, 5) is 12.3. The second-order valence-corrected chi connectivity index (χ2v) is 8.83. The SMILES string of the molecule is Cc1ccc(/C=N\NC(=O)CSc2nnc(-c3ccc(Br)cc3)n2-c2ccccc2)cc1. The van der Waals surface area contributed by atoms with Crippen molar-refractivity contribution in [2.45, 2.75) is 12.1 Å². The van der Waals surface area contributed by atoms with Gasteiger partial charge < -0.3 is 0 Å². The number of hydrazone groups is 1. The average molecular weight is 506 g/mol. The van der Waals surface area contributed by atoms with E-state index in [4.69, 9.17) is 0 Å². The van der Waals surface area contributed by atoms with E-state index in [1.807, 2.05) is 90.4 Å². The zero-order valence-corrected chi connectivity index (χ0v) is 19.7. The van der Waals surface area contributed by atoms with Crippen LogP contribution in [0, 0.1) is 6.92 Å². The summed E-state index contributed by atoms with van der Waals surface area (Å²) >= 11 is 4.77. The highest BCUT2D eigenvalue weighted by molar-refractivity contribution is 9.10. The third kappa shape index (κ3) is 5.52. The topological polar surface area (TPSA) is 72.2 Å². The van der Waals surface area contributed by atoms with Crippen molar-refractivity contribution < 1.29 is 4.79 Å². The second kappa shape index (κ2) is 10.4. The molecule has 0 aliphatic carbocycles. The number of para-hydroxylation sites is 1. The van der Waals surface area contributed by atoms with E-state index >= 15 is 0 Å². The van der Waals surface area contributed by atoms with Crippen LogP contribution in [-0.4, -0.2) is 32.6 Å². The average Bonchev–Trinajstić information content (AvgIpc) is 3.24. The zero-order chi connectivity index (χ0) is 22.3. The molecular weight excluding hydrogens is 486 g/mol. The summed E-state index contributed by atoms with van der Waals surface area (Å²) in [6, 6.07) is 25.6. The van der Waals surface area contributed by atoms with Crippen molar-refractivity contribution in [2.24, 2.45) is 5.10 Å². The standard InChI is InChI=1S/C24H20BrN5OS/c1-17-7-9-18(10-8-17)15-26-27-22(31)16-32-24-29-28-23(19-11-13-20(25)14-12-19)30(24)21-5-3-2-4-6-21/h2-15H,16H2,1H3,(H,27,31)/b26-15-. The van der Waals surface area contributed by atoms with Crippen molar-refractivity contribution in [3.63, 3.8) is 0 Å². The van der Waals surface area contributed by atoms with Crippen LogP contribution in [0.15, 0.2) is 93.6 Å². The van der Waals surface area contributed by atoms with Gasteiger partial charge in [-0.25, -0.2) is 5.43 Å². The number of benzene rings is 3. The number of nitrogens with one attached hydrogen (secondary N) is 1. The predicted octanol–water partition coefficient (Wildman–Crippen LogP) is 5.25. The third-order valence-electron chi connectivity index (χ3n) is 4.56. The van der Waals surface area contributed by atoms with Crippen molar-refractivity contribution in [1.29, 1.82) is 0 Å². The largest absolute Gasteiger partial charge is 0.272 e. The molecule has 6 nitrogen and oxygen atoms in total. The van der Waals surface area contributed by atoms with E-state index in [1.54, 1.807) is 6.21 Å². The number of hydrogen-bond acceptors (Lipinski definition) is 5. The van der Waals surface area contributed by atoms with E-state index in [2.05, 4.69) is 36.7 Å². The first-order valence-electron chi connectivity index (χ1n) is 9.88. The molecule has 8 heteroatoms. The van der Waals surface area contributed by atoms with Gasteiger partial charge in [0.25, 0.3) is 5.91 Å². The number of rotatable bonds is 7. The zero-order valence-electron chi connectivity index (χ0n) is 17.3. The van der Waals surface area contributed by atoms with Gasteiger partial charge in [0, 0.05) is 15.7 Å². The summed E-state index contributed by atoms with van der Waals surface area (Å²) in [5.41, 5.74) is 6.52. The summed E-state index contributed by atoms with van der Waals surface area (Å²) in [6.45, 7) is 2.02. The summed E-state index contributed by atoms with van der Waals surface area (Å²) in [5.74, 6) is 0.659. The maximum atomic E-state index is 12.3. The minimum Gasteiger partial charge on any atom is -0.272 e. The van der Waals surface area contributed by atoms with Crippen LogP contribution in [-0.2, 0) is 4.79 Å². The van der Waals surface area contributed by atoms with Gasteiger partial charge in [-0.3, -0.25) is 9.36 Å². The molecule has 0 fully saturated rings. The van der Waals surface area contributed by atoms with E-state index in [9.17, 15) is 4.79 Å². The molecule has 1 aromatic heterocycles. The fourth-order valence-electron chi connectivity index (χ4n) is 2.95. The van der Waals surface area contributed by atoms with Gasteiger partial charge in [0.15, 0.2) is 11.0 Å². The van der Waals surface area contributed by atoms with Gasteiger partial charge in [-0.15, -0.1) is 10.2 Å². The molecule has 0 radical (unpaired) electrons. The molecule has 0 atom stereocenters. The molecule has 4 aromatic rings. The van der Waals surface area contributed by atoms with Crippen molar-refractivity contribution in [1.82, 2.24) is 20.2 Å². The fraction of sp³-hybridized carbons (Fsp3) is 0.0833. The number of amides is 1. The Labute approximate surface area is 198 Å². The van der Waals surface area contributed by atoms with Crippen molar-refractivity contribution in [3.05, 3.63) is 94.5 Å². The second-order valence-electron chi connectivity index (χ2n) is 6.98. The van der Waals surface area contributed by atoms with Gasteiger partial charge in [0.05, 0.1) is 12.0 Å². The molecule has 0 saturated carbocycles. The van der Waals surface area contributed by atoms with Gasteiger partial charge in [-0.1, -0.05) is 87.9 Å². The van der Waals surface area contributed by atoms with Gasteiger partial charge >= 0.3 is 0 Å². The van der Waals surface area contributed by atoms with E-state index in [1.165, 1.54) is 17.3 Å². The van der Waals surface area contributed by atoms with E-state index in [-0.39, 0.29) is 11.7 Å². The van der Waals surface area contributed by atoms with Crippen LogP contribution in [0.2, 0.25) is 0 Å². The molecule has 0 spiro atoms. The van der Waals surface area contributed by atoms with E-state index in [0.29, 0.717) is 11.0 Å². The predicted molar refractivity (Wildman–Crippen MR) is 132 cm³/mol. The quantitative estimate of drug-likeness (QED) is 0.211. The monoisotopic (exact) mass is 505 g/mol. The molecule has 0 bridgehead atoms. The molecule has 1 heterocycles. The number of aromatic nitrogens is 3. The van der Waals surface area contributed by atoms with Crippen molar-refractivity contribution >= 4 is 39.8 Å². The van der Waals surface area contributed by atoms with Gasteiger partial charge in [0.2, 0.25) is 0 Å². The molecule has 0 aliphatic heterocycles. The Morgan fingerprint density at radius 3 is 2.47 bits per heavy atom. The number of carbonyl (C=O) groups is 1. The molecule has 1 amide bonds. The Hall–Kier alpha value is -3.23. The molecule has 4 rings (SSSR count). The van der Waals surface area contributed by atoms with Gasteiger partial charge in [-0.2, -0.15) is 5.10 Å². The summed E-state index contributed by atoms with van der Waals surface area (Å²) in [7, 11) is 0. The summed E-state index contributed by atoms with van der Waals surface area (Å²) in [5, 5.41) is 13.4. The molecule has 0 aliphatic rings. The smallest absolute Gasteiger partial charge is 0.250 e. The van der Waals surface area contributed by atoms with Crippen LogP contribution in [0.1, 0.15) is 11.1 Å². The minimum atomic E-state index is -0.217. The maximum Gasteiger partial charge on any atom is 0.250 e. The van der Waals surface area contributed by atoms with Gasteiger partial charge in [0.1, 0.15) is 0 Å². The van der Waals surface area contributed by atoms with Gasteiger partial charge in [-0.05, 0) is 36.8 Å². The molecular formula is C24H20BrN5OS. The first-order valence-corrected chi connectivity index (χ1v) is 11.7. The lowest BCUT2D eigenvalue weighted by Crippen LogP contribution is -2.20. The number of carbonyl (C=O) groups excluding carboxylic acids is 1. The highest BCUT2D eigenvalue weighted by atomic mass is 79.9. The number of nitrogens with zero attached hydrogens (tertiary/aromatic N) is 4. The lowest BCUT2D eigenvalue weighted by atomic mass is 10.2. The Morgan fingerprint density at radius 2 is 1.75 bits per heavy atom. The van der Waals surface area contributed by atoms with Crippen LogP contribution >= 0.6 is 27.7 Å². The van der Waals surface area contributed by atoms with Crippen LogP contribution in [0.4, 0.5) is 0 Å². The first-order chi connectivity index (χ1) is 15.6. The number of hydrogen-bond donors (Lipinski definition) is 1. The first kappa shape index (κ1) is 22.0. The van der Waals surface area contributed by atoms with E-state index in [0.717, 1.165) is 21.3 Å². The number of halogens is 1. The lowest BCUT2D eigenvalue weighted by Gasteiger charge is -2.10. The number of aryl methyl sites for hydroxylation is 1. The number of thioether (sulfide) groups is 1. The highest BCUT2D eigenvalue weighted by Crippen LogP contribution is 2.28. The molecule has 160 valence electrons. The van der Waals surface area contributed by atoms with Crippen LogP contribution in [0.5, 0.6) is 0 Å². The highest BCUT2D eigenvalue weighted by Gasteiger charge is 2.17. The normalized spacial score (nSPS) is 11.1. The van der Waals surface area contributed by atoms with Crippen molar-refractivity contribution in [2.75, 3.05) is 5.75 Å². The maximum absolute atomic E-state index is 12.3. The summed E-state index contributed by atoms with van der Waals surface area (Å²) in [6.07, 6.45) is 1.63. The third-order valence-corrected chi connectivity index (χ3v) is 6.02. The molecule has 32 heavy (non-hydrogen) atoms.